The summed E-state index contributed by atoms with van der Waals surface area (Å²) in [5.74, 6) is -0.0781. The number of nitrogens with zero attached hydrogens (tertiary/aromatic N) is 4. The molecule has 0 aliphatic rings. The highest BCUT2D eigenvalue weighted by atomic mass is 32.1. The number of benzene rings is 2. The number of hydrogen-bond donors (Lipinski definition) is 0. The molecule has 2 aromatic heterocycles. The summed E-state index contributed by atoms with van der Waals surface area (Å²) in [6, 6.07) is 16.1. The van der Waals surface area contributed by atoms with Crippen molar-refractivity contribution in [3.63, 3.8) is 0 Å². The third-order valence-electron chi connectivity index (χ3n) is 5.01. The van der Waals surface area contributed by atoms with Crippen molar-refractivity contribution in [2.75, 3.05) is 4.90 Å². The van der Waals surface area contributed by atoms with E-state index in [2.05, 4.69) is 31.1 Å². The van der Waals surface area contributed by atoms with Crippen LogP contribution in [0.15, 0.2) is 48.5 Å². The highest BCUT2D eigenvalue weighted by Crippen LogP contribution is 2.34. The fraction of sp³-hybridized carbons (Fsp3) is 0.261. The van der Waals surface area contributed by atoms with E-state index in [1.165, 1.54) is 5.56 Å². The molecule has 6 heteroatoms. The second kappa shape index (κ2) is 7.79. The van der Waals surface area contributed by atoms with Crippen LogP contribution in [-0.4, -0.2) is 20.7 Å². The monoisotopic (exact) mass is 404 g/mol. The molecule has 0 saturated carbocycles. The van der Waals surface area contributed by atoms with Gasteiger partial charge >= 0.3 is 0 Å². The maximum absolute atomic E-state index is 13.6. The van der Waals surface area contributed by atoms with E-state index < -0.39 is 0 Å². The highest BCUT2D eigenvalue weighted by Gasteiger charge is 2.25. The zero-order valence-electron chi connectivity index (χ0n) is 17.1. The average molecular weight is 405 g/mol. The summed E-state index contributed by atoms with van der Waals surface area (Å²) in [6.07, 6.45) is 0. The number of amides is 1. The van der Waals surface area contributed by atoms with Crippen LogP contribution in [0, 0.1) is 20.8 Å². The van der Waals surface area contributed by atoms with Gasteiger partial charge < -0.3 is 0 Å². The second-order valence-electron chi connectivity index (χ2n) is 7.24. The van der Waals surface area contributed by atoms with Crippen molar-refractivity contribution in [2.45, 2.75) is 40.8 Å². The molecule has 5 nitrogen and oxygen atoms in total. The molecule has 0 saturated heterocycles. The van der Waals surface area contributed by atoms with Gasteiger partial charge in [-0.05, 0) is 50.5 Å². The summed E-state index contributed by atoms with van der Waals surface area (Å²) in [6.45, 7) is 9.16. The molecule has 1 amide bonds. The van der Waals surface area contributed by atoms with Crippen molar-refractivity contribution in [1.82, 2.24) is 14.8 Å². The Labute approximate surface area is 174 Å². The largest absolute Gasteiger partial charge is 0.278 e. The molecule has 0 aliphatic heterocycles. The summed E-state index contributed by atoms with van der Waals surface area (Å²) in [5, 5.41) is 5.17. The van der Waals surface area contributed by atoms with Gasteiger partial charge in [0.1, 0.15) is 5.69 Å². The van der Waals surface area contributed by atoms with Crippen LogP contribution in [0.4, 0.5) is 5.13 Å². The molecule has 0 N–H and O–H groups in total. The summed E-state index contributed by atoms with van der Waals surface area (Å²) >= 11 is 1.57. The molecule has 148 valence electrons. The quantitative estimate of drug-likeness (QED) is 0.454. The smallest absolute Gasteiger partial charge is 0.278 e. The van der Waals surface area contributed by atoms with E-state index in [4.69, 9.17) is 4.98 Å². The zero-order chi connectivity index (χ0) is 20.5. The molecular formula is C23H24N4OS. The lowest BCUT2D eigenvalue weighted by molar-refractivity contribution is 0.0975. The van der Waals surface area contributed by atoms with E-state index in [1.54, 1.807) is 20.9 Å². The first-order valence-electron chi connectivity index (χ1n) is 9.75. The molecule has 0 aliphatic carbocycles. The lowest BCUT2D eigenvalue weighted by Gasteiger charge is -2.20. The van der Waals surface area contributed by atoms with Crippen LogP contribution in [0.25, 0.3) is 10.2 Å². The molecule has 4 rings (SSSR count). The number of aryl methyl sites for hydroxylation is 4. The van der Waals surface area contributed by atoms with E-state index in [1.807, 2.05) is 50.2 Å². The Hall–Kier alpha value is -2.99. The summed E-state index contributed by atoms with van der Waals surface area (Å²) in [4.78, 5) is 20.3. The van der Waals surface area contributed by atoms with Gasteiger partial charge in [0, 0.05) is 6.54 Å². The minimum Gasteiger partial charge on any atom is -0.278 e. The topological polar surface area (TPSA) is 51.0 Å². The molecule has 0 spiro atoms. The predicted octanol–water partition coefficient (Wildman–Crippen LogP) is 5.28. The number of aromatic nitrogens is 3. The van der Waals surface area contributed by atoms with Gasteiger partial charge in [0.25, 0.3) is 5.91 Å². The van der Waals surface area contributed by atoms with Crippen molar-refractivity contribution in [3.8, 4) is 0 Å². The summed E-state index contributed by atoms with van der Waals surface area (Å²) < 4.78 is 2.89. The molecular weight excluding hydrogens is 380 g/mol. The number of carbonyl (C=O) groups is 1. The van der Waals surface area contributed by atoms with E-state index in [0.717, 1.165) is 27.0 Å². The van der Waals surface area contributed by atoms with Crippen LogP contribution in [0.1, 0.15) is 39.8 Å². The average Bonchev–Trinajstić information content (AvgIpc) is 3.34. The van der Waals surface area contributed by atoms with Crippen molar-refractivity contribution < 1.29 is 4.79 Å². The van der Waals surface area contributed by atoms with Gasteiger partial charge in [-0.25, -0.2) is 4.98 Å². The third-order valence-corrected chi connectivity index (χ3v) is 6.22. The fourth-order valence-electron chi connectivity index (χ4n) is 3.45. The maximum Gasteiger partial charge on any atom is 0.278 e. The van der Waals surface area contributed by atoms with Gasteiger partial charge in [-0.3, -0.25) is 14.4 Å². The normalized spacial score (nSPS) is 11.2. The standard InChI is InChI=1S/C23H24N4OS/c1-5-27-19(13-17(4)25-27)22(28)26(14-18-9-7-6-8-10-18)23-24-20-15(2)11-12-16(3)21(20)29-23/h6-13H,5,14H2,1-4H3. The Morgan fingerprint density at radius 3 is 2.48 bits per heavy atom. The molecule has 0 atom stereocenters. The van der Waals surface area contributed by atoms with Gasteiger partial charge in [0.15, 0.2) is 5.13 Å². The predicted molar refractivity (Wildman–Crippen MR) is 119 cm³/mol. The number of anilines is 1. The fourth-order valence-corrected chi connectivity index (χ4v) is 4.56. The highest BCUT2D eigenvalue weighted by molar-refractivity contribution is 7.22. The number of fused-ring (bicyclic) bond motifs is 1. The van der Waals surface area contributed by atoms with Gasteiger partial charge in [-0.1, -0.05) is 53.8 Å². The van der Waals surface area contributed by atoms with Crippen molar-refractivity contribution in [3.05, 3.63) is 76.6 Å². The van der Waals surface area contributed by atoms with E-state index in [0.29, 0.717) is 23.9 Å². The first-order valence-corrected chi connectivity index (χ1v) is 10.6. The van der Waals surface area contributed by atoms with Crippen LogP contribution in [-0.2, 0) is 13.1 Å². The minimum absolute atomic E-state index is 0.0781. The maximum atomic E-state index is 13.6. The van der Waals surface area contributed by atoms with Crippen molar-refractivity contribution in [2.24, 2.45) is 0 Å². The van der Waals surface area contributed by atoms with Crippen LogP contribution in [0.3, 0.4) is 0 Å². The van der Waals surface area contributed by atoms with Gasteiger partial charge in [0.05, 0.1) is 22.5 Å². The minimum atomic E-state index is -0.0781. The van der Waals surface area contributed by atoms with E-state index in [-0.39, 0.29) is 5.91 Å². The lowest BCUT2D eigenvalue weighted by Crippen LogP contribution is -2.32. The molecule has 0 unspecified atom stereocenters. The summed E-state index contributed by atoms with van der Waals surface area (Å²) in [5.41, 5.74) is 5.76. The zero-order valence-corrected chi connectivity index (χ0v) is 18.0. The van der Waals surface area contributed by atoms with Gasteiger partial charge in [-0.2, -0.15) is 5.10 Å². The van der Waals surface area contributed by atoms with Gasteiger partial charge in [0.2, 0.25) is 0 Å². The molecule has 29 heavy (non-hydrogen) atoms. The number of hydrogen-bond acceptors (Lipinski definition) is 4. The molecule has 0 radical (unpaired) electrons. The first kappa shape index (κ1) is 19.3. The molecule has 4 aromatic rings. The van der Waals surface area contributed by atoms with E-state index in [9.17, 15) is 4.79 Å². The number of rotatable bonds is 5. The van der Waals surface area contributed by atoms with Crippen LogP contribution in [0.5, 0.6) is 0 Å². The Kier molecular flexibility index (Phi) is 5.20. The third kappa shape index (κ3) is 3.68. The van der Waals surface area contributed by atoms with Crippen molar-refractivity contribution >= 4 is 32.6 Å². The molecule has 2 aromatic carbocycles. The molecule has 2 heterocycles. The molecule has 0 bridgehead atoms. The SMILES string of the molecule is CCn1nc(C)cc1C(=O)N(Cc1ccccc1)c1nc2c(C)ccc(C)c2s1. The number of thiazole rings is 1. The lowest BCUT2D eigenvalue weighted by atomic mass is 10.1. The Morgan fingerprint density at radius 1 is 1.07 bits per heavy atom. The van der Waals surface area contributed by atoms with E-state index >= 15 is 0 Å². The first-order chi connectivity index (χ1) is 14.0. The van der Waals surface area contributed by atoms with Crippen LogP contribution < -0.4 is 4.90 Å². The van der Waals surface area contributed by atoms with Gasteiger partial charge in [-0.15, -0.1) is 0 Å². The summed E-state index contributed by atoms with van der Waals surface area (Å²) in [7, 11) is 0. The Morgan fingerprint density at radius 2 is 1.79 bits per heavy atom. The number of carbonyl (C=O) groups excluding carboxylic acids is 1. The Balaban J connectivity index is 1.83. The molecule has 0 fully saturated rings. The second-order valence-corrected chi connectivity index (χ2v) is 8.21. The van der Waals surface area contributed by atoms with Crippen LogP contribution in [0.2, 0.25) is 0 Å². The van der Waals surface area contributed by atoms with Crippen molar-refractivity contribution in [1.29, 1.82) is 0 Å². The Bertz CT molecular complexity index is 1140. The van der Waals surface area contributed by atoms with Crippen LogP contribution >= 0.6 is 11.3 Å².